The van der Waals surface area contributed by atoms with Gasteiger partial charge in [-0.05, 0) is 54.2 Å². The Bertz CT molecular complexity index is 1030. The van der Waals surface area contributed by atoms with E-state index in [1.54, 1.807) is 31.2 Å². The number of hydrogen-bond donors (Lipinski definition) is 2. The molecule has 2 aromatic carbocycles. The molecule has 1 atom stereocenters. The molecule has 0 bridgehead atoms. The van der Waals surface area contributed by atoms with Crippen LogP contribution in [0.15, 0.2) is 36.4 Å². The molecule has 0 aliphatic heterocycles. The van der Waals surface area contributed by atoms with Crippen molar-refractivity contribution in [1.82, 2.24) is 5.32 Å². The summed E-state index contributed by atoms with van der Waals surface area (Å²) in [6.45, 7) is 9.76. The molecule has 2 rings (SSSR count). The Labute approximate surface area is 184 Å². The number of ether oxygens (including phenoxy) is 1. The summed E-state index contributed by atoms with van der Waals surface area (Å²) in [6, 6.07) is 10.5. The summed E-state index contributed by atoms with van der Waals surface area (Å²) in [5.74, 6) is 0.261. The lowest BCUT2D eigenvalue weighted by atomic mass is 9.87. The van der Waals surface area contributed by atoms with Crippen LogP contribution in [0, 0.1) is 6.92 Å². The first-order chi connectivity index (χ1) is 13.8. The number of amides is 1. The predicted octanol–water partition coefficient (Wildman–Crippen LogP) is 4.57. The summed E-state index contributed by atoms with van der Waals surface area (Å²) in [5, 5.41) is 3.48. The summed E-state index contributed by atoms with van der Waals surface area (Å²) in [5.41, 5.74) is 3.08. The van der Waals surface area contributed by atoms with E-state index in [9.17, 15) is 13.2 Å². The molecular weight excluding hydrogens is 424 g/mol. The largest absolute Gasteiger partial charge is 0.484 e. The van der Waals surface area contributed by atoms with Crippen LogP contribution in [-0.4, -0.2) is 27.2 Å². The normalized spacial score (nSPS) is 12.9. The molecule has 30 heavy (non-hydrogen) atoms. The maximum absolute atomic E-state index is 12.3. The van der Waals surface area contributed by atoms with Gasteiger partial charge in [-0.25, -0.2) is 8.42 Å². The Hall–Kier alpha value is -2.25. The zero-order valence-electron chi connectivity index (χ0n) is 18.2. The van der Waals surface area contributed by atoms with E-state index < -0.39 is 10.0 Å². The lowest BCUT2D eigenvalue weighted by molar-refractivity contribution is -0.123. The molecule has 2 N–H and O–H groups in total. The van der Waals surface area contributed by atoms with E-state index in [0.717, 1.165) is 22.9 Å². The SMILES string of the molecule is Cc1cc([C@@H](C)NC(=O)COc2ccc(C(C)(C)C)c(Cl)c2)ccc1NS(C)(=O)=O. The number of anilines is 1. The van der Waals surface area contributed by atoms with Crippen LogP contribution in [0.4, 0.5) is 5.69 Å². The third-order valence-corrected chi connectivity index (χ3v) is 5.45. The highest BCUT2D eigenvalue weighted by atomic mass is 35.5. The highest BCUT2D eigenvalue weighted by Crippen LogP contribution is 2.32. The van der Waals surface area contributed by atoms with Gasteiger partial charge in [-0.3, -0.25) is 9.52 Å². The van der Waals surface area contributed by atoms with Gasteiger partial charge in [-0.2, -0.15) is 0 Å². The topological polar surface area (TPSA) is 84.5 Å². The van der Waals surface area contributed by atoms with Crippen molar-refractivity contribution in [2.24, 2.45) is 0 Å². The first kappa shape index (κ1) is 24.0. The van der Waals surface area contributed by atoms with Gasteiger partial charge in [0.2, 0.25) is 10.0 Å². The van der Waals surface area contributed by atoms with Crippen molar-refractivity contribution in [3.05, 3.63) is 58.1 Å². The molecule has 8 heteroatoms. The van der Waals surface area contributed by atoms with Crippen molar-refractivity contribution >= 4 is 33.2 Å². The zero-order chi connectivity index (χ0) is 22.7. The molecule has 0 fully saturated rings. The van der Waals surface area contributed by atoms with Crippen LogP contribution in [0.1, 0.15) is 50.4 Å². The summed E-state index contributed by atoms with van der Waals surface area (Å²) < 4.78 is 30.9. The maximum Gasteiger partial charge on any atom is 0.258 e. The Balaban J connectivity index is 1.96. The first-order valence-electron chi connectivity index (χ1n) is 9.57. The highest BCUT2D eigenvalue weighted by molar-refractivity contribution is 7.92. The fraction of sp³-hybridized carbons (Fsp3) is 0.409. The van der Waals surface area contributed by atoms with E-state index >= 15 is 0 Å². The molecule has 1 amide bonds. The molecule has 0 saturated heterocycles. The van der Waals surface area contributed by atoms with Crippen molar-refractivity contribution in [2.45, 2.75) is 46.1 Å². The van der Waals surface area contributed by atoms with Gasteiger partial charge in [0.25, 0.3) is 5.91 Å². The van der Waals surface area contributed by atoms with Gasteiger partial charge in [0, 0.05) is 5.02 Å². The average molecular weight is 453 g/mol. The number of benzene rings is 2. The molecular formula is C22H29ClN2O4S. The smallest absolute Gasteiger partial charge is 0.258 e. The van der Waals surface area contributed by atoms with E-state index in [4.69, 9.17) is 16.3 Å². The van der Waals surface area contributed by atoms with Crippen molar-refractivity contribution in [3.63, 3.8) is 0 Å². The first-order valence-corrected chi connectivity index (χ1v) is 11.8. The van der Waals surface area contributed by atoms with Gasteiger partial charge in [0.05, 0.1) is 18.0 Å². The molecule has 0 spiro atoms. The standard InChI is InChI=1S/C22H29ClN2O4S/c1-14-11-16(7-10-20(14)25-30(6,27)28)15(2)24-21(26)13-29-17-8-9-18(19(23)12-17)22(3,4)5/h7-12,15,25H,13H2,1-6H3,(H,24,26)/t15-/m1/s1. The summed E-state index contributed by atoms with van der Waals surface area (Å²) in [4.78, 5) is 12.3. The van der Waals surface area contributed by atoms with Crippen LogP contribution in [-0.2, 0) is 20.2 Å². The number of nitrogens with one attached hydrogen (secondary N) is 2. The third kappa shape index (κ3) is 6.92. The summed E-state index contributed by atoms with van der Waals surface area (Å²) >= 11 is 6.34. The number of sulfonamides is 1. The van der Waals surface area contributed by atoms with Gasteiger partial charge < -0.3 is 10.1 Å². The Kier molecular flexibility index (Phi) is 7.42. The van der Waals surface area contributed by atoms with Crippen molar-refractivity contribution in [2.75, 3.05) is 17.6 Å². The van der Waals surface area contributed by atoms with Gasteiger partial charge in [-0.15, -0.1) is 0 Å². The molecule has 0 heterocycles. The lowest BCUT2D eigenvalue weighted by Crippen LogP contribution is -2.31. The number of aryl methyl sites for hydroxylation is 1. The monoisotopic (exact) mass is 452 g/mol. The van der Waals surface area contributed by atoms with E-state index in [2.05, 4.69) is 30.8 Å². The number of carbonyl (C=O) groups is 1. The van der Waals surface area contributed by atoms with Crippen molar-refractivity contribution < 1.29 is 17.9 Å². The van der Waals surface area contributed by atoms with Crippen molar-refractivity contribution in [1.29, 1.82) is 0 Å². The molecule has 0 radical (unpaired) electrons. The number of carbonyl (C=O) groups excluding carboxylic acids is 1. The Morgan fingerprint density at radius 2 is 1.83 bits per heavy atom. The summed E-state index contributed by atoms with van der Waals surface area (Å²) in [7, 11) is -3.35. The second kappa shape index (κ2) is 9.27. The quantitative estimate of drug-likeness (QED) is 0.644. The fourth-order valence-electron chi connectivity index (χ4n) is 2.98. The molecule has 0 aliphatic rings. The van der Waals surface area contributed by atoms with Crippen molar-refractivity contribution in [3.8, 4) is 5.75 Å². The van der Waals surface area contributed by atoms with Crippen LogP contribution in [0.25, 0.3) is 0 Å². The average Bonchev–Trinajstić information content (AvgIpc) is 2.59. The molecule has 0 saturated carbocycles. The second-order valence-corrected chi connectivity index (χ2v) is 10.6. The van der Waals surface area contributed by atoms with Gasteiger partial charge in [-0.1, -0.05) is 50.6 Å². The molecule has 0 unspecified atom stereocenters. The van der Waals surface area contributed by atoms with E-state index in [1.807, 2.05) is 19.1 Å². The summed E-state index contributed by atoms with van der Waals surface area (Å²) in [6.07, 6.45) is 1.10. The second-order valence-electron chi connectivity index (χ2n) is 8.42. The minimum Gasteiger partial charge on any atom is -0.484 e. The van der Waals surface area contributed by atoms with Crippen LogP contribution in [0.2, 0.25) is 5.02 Å². The van der Waals surface area contributed by atoms with E-state index in [1.165, 1.54) is 0 Å². The predicted molar refractivity (Wildman–Crippen MR) is 122 cm³/mol. The number of rotatable bonds is 7. The number of hydrogen-bond acceptors (Lipinski definition) is 4. The molecule has 2 aromatic rings. The van der Waals surface area contributed by atoms with Gasteiger partial charge >= 0.3 is 0 Å². The minimum absolute atomic E-state index is 0.0765. The van der Waals surface area contributed by atoms with Gasteiger partial charge in [0.15, 0.2) is 6.61 Å². The maximum atomic E-state index is 12.3. The molecule has 0 aliphatic carbocycles. The van der Waals surface area contributed by atoms with Crippen LogP contribution in [0.5, 0.6) is 5.75 Å². The van der Waals surface area contributed by atoms with E-state index in [0.29, 0.717) is 16.5 Å². The minimum atomic E-state index is -3.35. The lowest BCUT2D eigenvalue weighted by Gasteiger charge is -2.21. The van der Waals surface area contributed by atoms with Crippen LogP contribution in [0.3, 0.4) is 0 Å². The fourth-order valence-corrected chi connectivity index (χ4v) is 4.06. The highest BCUT2D eigenvalue weighted by Gasteiger charge is 2.18. The molecule has 164 valence electrons. The Morgan fingerprint density at radius 1 is 1.17 bits per heavy atom. The van der Waals surface area contributed by atoms with Crippen LogP contribution < -0.4 is 14.8 Å². The molecule has 0 aromatic heterocycles. The zero-order valence-corrected chi connectivity index (χ0v) is 19.7. The Morgan fingerprint density at radius 3 is 2.37 bits per heavy atom. The molecule has 6 nitrogen and oxygen atoms in total. The third-order valence-electron chi connectivity index (χ3n) is 4.54. The van der Waals surface area contributed by atoms with Gasteiger partial charge in [0.1, 0.15) is 5.75 Å². The van der Waals surface area contributed by atoms with E-state index in [-0.39, 0.29) is 24.0 Å². The number of halogens is 1. The van der Waals surface area contributed by atoms with Crippen LogP contribution >= 0.6 is 11.6 Å².